The number of rotatable bonds is 4. The van der Waals surface area contributed by atoms with Crippen LogP contribution in [0.3, 0.4) is 0 Å². The molecule has 18 heavy (non-hydrogen) atoms. The van der Waals surface area contributed by atoms with Crippen molar-refractivity contribution in [2.24, 2.45) is 5.73 Å². The molecule has 1 aliphatic heterocycles. The van der Waals surface area contributed by atoms with Crippen LogP contribution >= 0.6 is 12.2 Å². The second kappa shape index (κ2) is 7.27. The lowest BCUT2D eigenvalue weighted by molar-refractivity contribution is -0.146. The third-order valence-corrected chi connectivity index (χ3v) is 2.86. The number of carbonyl (C=O) groups excluding carboxylic acids is 2. The topological polar surface area (TPSA) is 84.7 Å². The second-order valence-electron chi connectivity index (χ2n) is 4.32. The number of thiocarbonyl (C=S) groups is 1. The standard InChI is InChI=1S/C11H19N3O3S/c1-14(7-8-4-2-3-5-17-8)11(16)10(15)13-6-9(12)18/h8H,2-7H2,1H3,(H2,12,18)(H,13,15). The maximum atomic E-state index is 11.7. The molecule has 1 fully saturated rings. The van der Waals surface area contributed by atoms with E-state index >= 15 is 0 Å². The predicted octanol–water partition coefficient (Wildman–Crippen LogP) is -0.584. The Hall–Kier alpha value is -1.21. The van der Waals surface area contributed by atoms with Crippen molar-refractivity contribution in [3.8, 4) is 0 Å². The van der Waals surface area contributed by atoms with Crippen molar-refractivity contribution < 1.29 is 14.3 Å². The van der Waals surface area contributed by atoms with Gasteiger partial charge in [-0.15, -0.1) is 0 Å². The van der Waals surface area contributed by atoms with Crippen LogP contribution in [0.4, 0.5) is 0 Å². The zero-order valence-electron chi connectivity index (χ0n) is 10.5. The number of amides is 2. The van der Waals surface area contributed by atoms with Crippen LogP contribution in [0.25, 0.3) is 0 Å². The van der Waals surface area contributed by atoms with Crippen LogP contribution in [0.15, 0.2) is 0 Å². The number of hydrogen-bond donors (Lipinski definition) is 2. The Morgan fingerprint density at radius 1 is 1.50 bits per heavy atom. The van der Waals surface area contributed by atoms with E-state index in [0.717, 1.165) is 25.9 Å². The average Bonchev–Trinajstić information content (AvgIpc) is 2.36. The van der Waals surface area contributed by atoms with Gasteiger partial charge in [0.05, 0.1) is 17.6 Å². The molecule has 2 amide bonds. The van der Waals surface area contributed by atoms with Crippen LogP contribution in [-0.4, -0.2) is 54.6 Å². The van der Waals surface area contributed by atoms with E-state index in [1.54, 1.807) is 7.05 Å². The van der Waals surface area contributed by atoms with E-state index in [-0.39, 0.29) is 17.6 Å². The molecule has 6 nitrogen and oxygen atoms in total. The Bertz CT molecular complexity index is 329. The molecule has 1 aliphatic rings. The number of carbonyl (C=O) groups is 2. The smallest absolute Gasteiger partial charge is 0.311 e. The van der Waals surface area contributed by atoms with Gasteiger partial charge in [0.1, 0.15) is 0 Å². The highest BCUT2D eigenvalue weighted by atomic mass is 32.1. The van der Waals surface area contributed by atoms with Crippen LogP contribution < -0.4 is 11.1 Å². The fourth-order valence-corrected chi connectivity index (χ4v) is 1.83. The van der Waals surface area contributed by atoms with E-state index in [9.17, 15) is 9.59 Å². The summed E-state index contributed by atoms with van der Waals surface area (Å²) in [4.78, 5) is 24.7. The Morgan fingerprint density at radius 2 is 2.22 bits per heavy atom. The van der Waals surface area contributed by atoms with Crippen molar-refractivity contribution in [2.45, 2.75) is 25.4 Å². The quantitative estimate of drug-likeness (QED) is 0.528. The van der Waals surface area contributed by atoms with Crippen molar-refractivity contribution in [1.29, 1.82) is 0 Å². The predicted molar refractivity (Wildman–Crippen MR) is 71.0 cm³/mol. The van der Waals surface area contributed by atoms with Gasteiger partial charge in [-0.25, -0.2) is 0 Å². The summed E-state index contributed by atoms with van der Waals surface area (Å²) in [5, 5.41) is 2.36. The van der Waals surface area contributed by atoms with Crippen molar-refractivity contribution >= 4 is 29.0 Å². The van der Waals surface area contributed by atoms with Crippen molar-refractivity contribution in [3.05, 3.63) is 0 Å². The molecule has 7 heteroatoms. The van der Waals surface area contributed by atoms with Gasteiger partial charge in [0.25, 0.3) is 0 Å². The molecule has 0 aliphatic carbocycles. The molecule has 0 bridgehead atoms. The number of likely N-dealkylation sites (N-methyl/N-ethyl adjacent to an activating group) is 1. The molecule has 1 unspecified atom stereocenters. The highest BCUT2D eigenvalue weighted by molar-refractivity contribution is 7.80. The van der Waals surface area contributed by atoms with Crippen LogP contribution in [0, 0.1) is 0 Å². The zero-order valence-corrected chi connectivity index (χ0v) is 11.3. The SMILES string of the molecule is CN(CC1CCCCO1)C(=O)C(=O)NCC(N)=S. The summed E-state index contributed by atoms with van der Waals surface area (Å²) in [7, 11) is 1.58. The van der Waals surface area contributed by atoms with Gasteiger partial charge in [0.2, 0.25) is 0 Å². The van der Waals surface area contributed by atoms with Crippen LogP contribution in [-0.2, 0) is 14.3 Å². The summed E-state index contributed by atoms with van der Waals surface area (Å²) in [6.45, 7) is 1.19. The lowest BCUT2D eigenvalue weighted by Crippen LogP contribution is -2.46. The number of nitrogens with zero attached hydrogens (tertiary/aromatic N) is 1. The van der Waals surface area contributed by atoms with E-state index in [1.165, 1.54) is 4.90 Å². The van der Waals surface area contributed by atoms with Gasteiger partial charge < -0.3 is 20.7 Å². The molecule has 0 radical (unpaired) electrons. The first-order chi connectivity index (χ1) is 8.50. The molecule has 3 N–H and O–H groups in total. The van der Waals surface area contributed by atoms with E-state index in [0.29, 0.717) is 6.54 Å². The van der Waals surface area contributed by atoms with Gasteiger partial charge in [-0.2, -0.15) is 0 Å². The molecule has 102 valence electrons. The van der Waals surface area contributed by atoms with Crippen molar-refractivity contribution in [1.82, 2.24) is 10.2 Å². The minimum atomic E-state index is -0.693. The van der Waals surface area contributed by atoms with Gasteiger partial charge in [-0.3, -0.25) is 9.59 Å². The van der Waals surface area contributed by atoms with Gasteiger partial charge in [0, 0.05) is 20.2 Å². The molecule has 0 aromatic carbocycles. The highest BCUT2D eigenvalue weighted by Crippen LogP contribution is 2.13. The molecule has 0 saturated carbocycles. The van der Waals surface area contributed by atoms with Gasteiger partial charge in [0.15, 0.2) is 0 Å². The lowest BCUT2D eigenvalue weighted by atomic mass is 10.1. The third kappa shape index (κ3) is 4.97. The summed E-state index contributed by atoms with van der Waals surface area (Å²) >= 11 is 4.62. The van der Waals surface area contributed by atoms with Gasteiger partial charge in [-0.05, 0) is 19.3 Å². The zero-order chi connectivity index (χ0) is 13.5. The fourth-order valence-electron chi connectivity index (χ4n) is 1.76. The minimum absolute atomic E-state index is 0.0242. The van der Waals surface area contributed by atoms with Crippen molar-refractivity contribution in [2.75, 3.05) is 26.7 Å². The molecular weight excluding hydrogens is 254 g/mol. The Kier molecular flexibility index (Phi) is 6.00. The minimum Gasteiger partial charge on any atom is -0.392 e. The largest absolute Gasteiger partial charge is 0.392 e. The maximum Gasteiger partial charge on any atom is 0.311 e. The second-order valence-corrected chi connectivity index (χ2v) is 4.85. The fraction of sp³-hybridized carbons (Fsp3) is 0.727. The number of nitrogens with two attached hydrogens (primary N) is 1. The molecule has 0 aromatic heterocycles. The first-order valence-corrected chi connectivity index (χ1v) is 6.34. The van der Waals surface area contributed by atoms with E-state index < -0.39 is 11.8 Å². The monoisotopic (exact) mass is 273 g/mol. The molecular formula is C11H19N3O3S. The average molecular weight is 273 g/mol. The Labute approximate surface area is 112 Å². The summed E-state index contributed by atoms with van der Waals surface area (Å²) in [6, 6.07) is 0. The van der Waals surface area contributed by atoms with Crippen LogP contribution in [0.5, 0.6) is 0 Å². The normalized spacial score (nSPS) is 19.1. The summed E-state index contributed by atoms with van der Waals surface area (Å²) in [5.41, 5.74) is 5.24. The van der Waals surface area contributed by atoms with E-state index in [1.807, 2.05) is 0 Å². The Morgan fingerprint density at radius 3 is 2.78 bits per heavy atom. The Balaban J connectivity index is 2.35. The third-order valence-electron chi connectivity index (χ3n) is 2.72. The summed E-state index contributed by atoms with van der Waals surface area (Å²) in [5.74, 6) is -1.29. The molecule has 1 rings (SSSR count). The summed E-state index contributed by atoms with van der Waals surface area (Å²) < 4.78 is 5.51. The molecule has 1 heterocycles. The van der Waals surface area contributed by atoms with Crippen LogP contribution in [0.2, 0.25) is 0 Å². The lowest BCUT2D eigenvalue weighted by Gasteiger charge is -2.27. The number of nitrogens with one attached hydrogen (secondary N) is 1. The molecule has 1 atom stereocenters. The highest BCUT2D eigenvalue weighted by Gasteiger charge is 2.23. The number of ether oxygens (including phenoxy) is 1. The molecule has 0 aromatic rings. The first-order valence-electron chi connectivity index (χ1n) is 5.94. The van der Waals surface area contributed by atoms with Gasteiger partial charge >= 0.3 is 11.8 Å². The first kappa shape index (κ1) is 14.8. The molecule has 1 saturated heterocycles. The maximum absolute atomic E-state index is 11.7. The van der Waals surface area contributed by atoms with Crippen LogP contribution in [0.1, 0.15) is 19.3 Å². The van der Waals surface area contributed by atoms with E-state index in [4.69, 9.17) is 10.5 Å². The van der Waals surface area contributed by atoms with E-state index in [2.05, 4.69) is 17.5 Å². The van der Waals surface area contributed by atoms with Crippen molar-refractivity contribution in [3.63, 3.8) is 0 Å². The van der Waals surface area contributed by atoms with Gasteiger partial charge in [-0.1, -0.05) is 12.2 Å². The number of hydrogen-bond acceptors (Lipinski definition) is 4. The molecule has 0 spiro atoms. The summed E-state index contributed by atoms with van der Waals surface area (Å²) in [6.07, 6.45) is 3.10.